The Labute approximate surface area is 179 Å². The molecule has 2 bridgehead atoms. The summed E-state index contributed by atoms with van der Waals surface area (Å²) in [7, 11) is 3.62. The van der Waals surface area contributed by atoms with E-state index in [1.165, 1.54) is 12.0 Å². The van der Waals surface area contributed by atoms with Crippen molar-refractivity contribution in [2.75, 3.05) is 52.3 Å². The van der Waals surface area contributed by atoms with Crippen LogP contribution in [0.1, 0.15) is 26.2 Å². The van der Waals surface area contributed by atoms with Crippen LogP contribution in [0.4, 0.5) is 5.69 Å². The van der Waals surface area contributed by atoms with Gasteiger partial charge in [-0.15, -0.1) is 0 Å². The Kier molecular flexibility index (Phi) is 6.22. The van der Waals surface area contributed by atoms with Crippen molar-refractivity contribution in [1.29, 1.82) is 0 Å². The molecule has 2 fully saturated rings. The van der Waals surface area contributed by atoms with Crippen LogP contribution in [0.25, 0.3) is 0 Å². The molecule has 2 unspecified atom stereocenters. The molecule has 0 radical (unpaired) electrons. The van der Waals surface area contributed by atoms with Gasteiger partial charge in [-0.05, 0) is 63.2 Å². The zero-order chi connectivity index (χ0) is 21.2. The van der Waals surface area contributed by atoms with E-state index in [1.807, 2.05) is 25.2 Å². The second-order valence-electron chi connectivity index (χ2n) is 8.41. The number of anilines is 1. The second-order valence-corrected chi connectivity index (χ2v) is 8.41. The Balaban J connectivity index is 1.48. The van der Waals surface area contributed by atoms with Crippen LogP contribution >= 0.6 is 0 Å². The number of nitrogens with zero attached hydrogens (tertiary/aromatic N) is 1. The quantitative estimate of drug-likeness (QED) is 0.361. The van der Waals surface area contributed by atoms with Gasteiger partial charge < -0.3 is 24.8 Å². The third-order valence-corrected chi connectivity index (χ3v) is 6.39. The normalized spacial score (nSPS) is 29.1. The molecular formula is C22H35N5O3. The number of nitrogens with one attached hydrogen (secondary N) is 4. The average molecular weight is 418 g/mol. The SMILES string of the molecule is CCC1=CC2(NC)CCNC1(Nc1ccc(OC)c(OC[C@H](O)CN3CCC3)c1)N2. The van der Waals surface area contributed by atoms with Crippen LogP contribution in [0.3, 0.4) is 0 Å². The molecule has 8 nitrogen and oxygen atoms in total. The van der Waals surface area contributed by atoms with E-state index in [0.717, 1.165) is 38.2 Å². The van der Waals surface area contributed by atoms with Crippen molar-refractivity contribution in [2.45, 2.75) is 43.7 Å². The van der Waals surface area contributed by atoms with Crippen LogP contribution in [0.2, 0.25) is 0 Å². The Morgan fingerprint density at radius 2 is 2.13 bits per heavy atom. The van der Waals surface area contributed by atoms with E-state index in [1.54, 1.807) is 7.11 Å². The molecule has 3 heterocycles. The molecular weight excluding hydrogens is 382 g/mol. The highest BCUT2D eigenvalue weighted by molar-refractivity contribution is 5.58. The summed E-state index contributed by atoms with van der Waals surface area (Å²) in [6, 6.07) is 5.82. The fraction of sp³-hybridized carbons (Fsp3) is 0.636. The summed E-state index contributed by atoms with van der Waals surface area (Å²) in [6.07, 6.45) is 4.89. The summed E-state index contributed by atoms with van der Waals surface area (Å²) in [4.78, 5) is 2.23. The number of aliphatic hydroxyl groups is 1. The minimum absolute atomic E-state index is 0.198. The number of fused-ring (bicyclic) bond motifs is 2. The van der Waals surface area contributed by atoms with Crippen molar-refractivity contribution in [3.05, 3.63) is 29.8 Å². The molecule has 1 aromatic rings. The number of hydrogen-bond acceptors (Lipinski definition) is 8. The molecule has 0 amide bonds. The van der Waals surface area contributed by atoms with Crippen molar-refractivity contribution in [3.8, 4) is 11.5 Å². The Bertz CT molecular complexity index is 784. The lowest BCUT2D eigenvalue weighted by atomic mass is 10.1. The van der Waals surface area contributed by atoms with Crippen LogP contribution in [-0.2, 0) is 0 Å². The molecule has 3 aliphatic rings. The van der Waals surface area contributed by atoms with Crippen molar-refractivity contribution in [2.24, 2.45) is 0 Å². The van der Waals surface area contributed by atoms with Crippen molar-refractivity contribution < 1.29 is 14.6 Å². The average Bonchev–Trinajstić information content (AvgIpc) is 2.95. The van der Waals surface area contributed by atoms with Gasteiger partial charge in [-0.25, -0.2) is 0 Å². The number of aliphatic hydroxyl groups excluding tert-OH is 1. The molecule has 3 aliphatic heterocycles. The van der Waals surface area contributed by atoms with Crippen LogP contribution in [0, 0.1) is 0 Å². The van der Waals surface area contributed by atoms with E-state index in [9.17, 15) is 5.11 Å². The highest BCUT2D eigenvalue weighted by Gasteiger charge is 2.50. The number of β-amino-alcohol motifs (C(OH)–C–C–N with tert-alkyl or cyclic N) is 1. The van der Waals surface area contributed by atoms with E-state index in [4.69, 9.17) is 9.47 Å². The Morgan fingerprint density at radius 1 is 1.30 bits per heavy atom. The predicted molar refractivity (Wildman–Crippen MR) is 118 cm³/mol. The highest BCUT2D eigenvalue weighted by Crippen LogP contribution is 2.37. The van der Waals surface area contributed by atoms with Crippen LogP contribution in [-0.4, -0.2) is 74.5 Å². The molecule has 0 spiro atoms. The number of likely N-dealkylation sites (tertiary alicyclic amines) is 1. The Morgan fingerprint density at radius 3 is 2.80 bits per heavy atom. The highest BCUT2D eigenvalue weighted by atomic mass is 16.5. The fourth-order valence-corrected chi connectivity index (χ4v) is 4.56. The van der Waals surface area contributed by atoms with Crippen molar-refractivity contribution in [1.82, 2.24) is 20.9 Å². The van der Waals surface area contributed by atoms with Gasteiger partial charge in [-0.1, -0.05) is 6.92 Å². The van der Waals surface area contributed by atoms with Gasteiger partial charge in [-0.3, -0.25) is 16.0 Å². The third-order valence-electron chi connectivity index (χ3n) is 6.39. The first-order valence-electron chi connectivity index (χ1n) is 11.0. The van der Waals surface area contributed by atoms with Gasteiger partial charge in [0.05, 0.1) is 12.8 Å². The molecule has 1 aromatic carbocycles. The van der Waals surface area contributed by atoms with Crippen LogP contribution in [0.15, 0.2) is 29.8 Å². The first kappa shape index (κ1) is 21.4. The predicted octanol–water partition coefficient (Wildman–Crippen LogP) is 1.05. The maximum Gasteiger partial charge on any atom is 0.168 e. The summed E-state index contributed by atoms with van der Waals surface area (Å²) in [6.45, 7) is 6.06. The first-order chi connectivity index (χ1) is 14.5. The molecule has 5 N–H and O–H groups in total. The minimum atomic E-state index is -0.521. The largest absolute Gasteiger partial charge is 0.493 e. The van der Waals surface area contributed by atoms with E-state index in [2.05, 4.69) is 39.2 Å². The summed E-state index contributed by atoms with van der Waals surface area (Å²) >= 11 is 0. The van der Waals surface area contributed by atoms with Gasteiger partial charge in [0.15, 0.2) is 17.3 Å². The monoisotopic (exact) mass is 417 g/mol. The van der Waals surface area contributed by atoms with Crippen molar-refractivity contribution in [3.63, 3.8) is 0 Å². The topological polar surface area (TPSA) is 90.0 Å². The number of ether oxygens (including phenoxy) is 2. The lowest BCUT2D eigenvalue weighted by Crippen LogP contribution is -2.72. The summed E-state index contributed by atoms with van der Waals surface area (Å²) in [5, 5.41) is 24.7. The van der Waals surface area contributed by atoms with Gasteiger partial charge in [0.1, 0.15) is 12.7 Å². The summed E-state index contributed by atoms with van der Waals surface area (Å²) < 4.78 is 11.4. The number of methoxy groups -OCH3 is 1. The number of benzene rings is 1. The first-order valence-corrected chi connectivity index (χ1v) is 11.0. The maximum absolute atomic E-state index is 10.3. The molecule has 2 saturated heterocycles. The standard InChI is InChI=1S/C22H35N5O3/c1-4-16-13-21(23-2)8-9-24-22(16,26-21)25-17-6-7-19(29-3)20(12-17)30-15-18(28)14-27-10-5-11-27/h6-7,12-13,18,23-26,28H,4-5,8-11,14-15H2,1-3H3/t18-,21?,22?/m1/s1. The summed E-state index contributed by atoms with van der Waals surface area (Å²) in [5.74, 6) is 0.775. The van der Waals surface area contributed by atoms with E-state index >= 15 is 0 Å². The van der Waals surface area contributed by atoms with Crippen LogP contribution in [0.5, 0.6) is 11.5 Å². The van der Waals surface area contributed by atoms with Gasteiger partial charge in [0, 0.05) is 24.8 Å². The molecule has 0 aromatic heterocycles. The van der Waals surface area contributed by atoms with E-state index in [-0.39, 0.29) is 12.3 Å². The molecule has 166 valence electrons. The van der Waals surface area contributed by atoms with E-state index < -0.39 is 11.9 Å². The van der Waals surface area contributed by atoms with Gasteiger partial charge in [0.25, 0.3) is 0 Å². The van der Waals surface area contributed by atoms with E-state index in [0.29, 0.717) is 18.0 Å². The lowest BCUT2D eigenvalue weighted by Gasteiger charge is -2.44. The molecule has 0 aliphatic carbocycles. The zero-order valence-electron chi connectivity index (χ0n) is 18.3. The second kappa shape index (κ2) is 8.72. The van der Waals surface area contributed by atoms with Gasteiger partial charge >= 0.3 is 0 Å². The number of rotatable bonds is 10. The third kappa shape index (κ3) is 4.15. The van der Waals surface area contributed by atoms with Crippen molar-refractivity contribution >= 4 is 5.69 Å². The smallest absolute Gasteiger partial charge is 0.168 e. The molecule has 0 saturated carbocycles. The van der Waals surface area contributed by atoms with Gasteiger partial charge in [0.2, 0.25) is 0 Å². The molecule has 30 heavy (non-hydrogen) atoms. The zero-order valence-corrected chi connectivity index (χ0v) is 18.3. The summed E-state index contributed by atoms with van der Waals surface area (Å²) in [5.41, 5.74) is 1.99. The van der Waals surface area contributed by atoms with Crippen LogP contribution < -0.4 is 30.7 Å². The number of likely N-dealkylation sites (N-methyl/N-ethyl adjacent to an activating group) is 1. The van der Waals surface area contributed by atoms with Gasteiger partial charge in [-0.2, -0.15) is 0 Å². The number of hydrogen-bond donors (Lipinski definition) is 5. The maximum atomic E-state index is 10.3. The minimum Gasteiger partial charge on any atom is -0.493 e. The molecule has 8 heteroatoms. The lowest BCUT2D eigenvalue weighted by molar-refractivity contribution is 0.0460. The fourth-order valence-electron chi connectivity index (χ4n) is 4.56. The molecule has 4 rings (SSSR count). The Hall–Kier alpha value is -1.84. The molecule has 3 atom stereocenters.